The van der Waals surface area contributed by atoms with Crippen LogP contribution in [0, 0.1) is 13.8 Å². The molecule has 0 fully saturated rings. The van der Waals surface area contributed by atoms with Crippen LogP contribution in [0.3, 0.4) is 0 Å². The van der Waals surface area contributed by atoms with E-state index >= 15 is 0 Å². The number of carbonyl (C=O) groups is 1. The molecule has 0 bridgehead atoms. The van der Waals surface area contributed by atoms with E-state index in [9.17, 15) is 13.2 Å². The van der Waals surface area contributed by atoms with Crippen molar-refractivity contribution in [3.8, 4) is 0 Å². The third-order valence-electron chi connectivity index (χ3n) is 4.56. The standard InChI is InChI=1S/C21H27ClN2O3S/c1-15-7-8-16(2)20(14-15)17(3)23-21(25)6-5-13-24(28(4,26)27)19-11-9-18(22)10-12-19/h7-12,14,17H,5-6,13H2,1-4H3,(H,23,25)/t17-/m0/s1. The predicted molar refractivity (Wildman–Crippen MR) is 115 cm³/mol. The van der Waals surface area contributed by atoms with Gasteiger partial charge in [0.15, 0.2) is 0 Å². The Morgan fingerprint density at radius 3 is 2.39 bits per heavy atom. The molecule has 7 heteroatoms. The molecule has 28 heavy (non-hydrogen) atoms. The van der Waals surface area contributed by atoms with Gasteiger partial charge in [0.1, 0.15) is 0 Å². The van der Waals surface area contributed by atoms with Crippen LogP contribution in [0.5, 0.6) is 0 Å². The summed E-state index contributed by atoms with van der Waals surface area (Å²) in [6, 6.07) is 12.7. The largest absolute Gasteiger partial charge is 0.350 e. The van der Waals surface area contributed by atoms with Crippen molar-refractivity contribution in [2.24, 2.45) is 0 Å². The van der Waals surface area contributed by atoms with Gasteiger partial charge in [-0.25, -0.2) is 8.42 Å². The Morgan fingerprint density at radius 1 is 1.14 bits per heavy atom. The Bertz CT molecular complexity index is 927. The lowest BCUT2D eigenvalue weighted by Gasteiger charge is -2.23. The summed E-state index contributed by atoms with van der Waals surface area (Å²) in [5.74, 6) is -0.0991. The van der Waals surface area contributed by atoms with Crippen LogP contribution >= 0.6 is 11.6 Å². The van der Waals surface area contributed by atoms with Crippen molar-refractivity contribution < 1.29 is 13.2 Å². The summed E-state index contributed by atoms with van der Waals surface area (Å²) < 4.78 is 25.5. The van der Waals surface area contributed by atoms with E-state index in [0.29, 0.717) is 17.1 Å². The van der Waals surface area contributed by atoms with Crippen LogP contribution in [0.4, 0.5) is 5.69 Å². The molecule has 0 aliphatic rings. The summed E-state index contributed by atoms with van der Waals surface area (Å²) in [4.78, 5) is 12.3. The van der Waals surface area contributed by atoms with Crippen LogP contribution in [0.2, 0.25) is 5.02 Å². The number of halogens is 1. The molecule has 0 aliphatic heterocycles. The molecule has 0 unspecified atom stereocenters. The molecule has 1 amide bonds. The maximum absolute atomic E-state index is 12.3. The van der Waals surface area contributed by atoms with Gasteiger partial charge in [-0.15, -0.1) is 0 Å². The van der Waals surface area contributed by atoms with Crippen molar-refractivity contribution in [1.82, 2.24) is 5.32 Å². The zero-order valence-electron chi connectivity index (χ0n) is 16.7. The Hall–Kier alpha value is -2.05. The molecule has 2 aromatic carbocycles. The quantitative estimate of drug-likeness (QED) is 0.686. The van der Waals surface area contributed by atoms with E-state index < -0.39 is 10.0 Å². The van der Waals surface area contributed by atoms with Crippen LogP contribution in [0.15, 0.2) is 42.5 Å². The number of nitrogens with one attached hydrogen (secondary N) is 1. The van der Waals surface area contributed by atoms with Gasteiger partial charge in [-0.3, -0.25) is 9.10 Å². The Morgan fingerprint density at radius 2 is 1.79 bits per heavy atom. The van der Waals surface area contributed by atoms with Gasteiger partial charge < -0.3 is 5.32 Å². The molecule has 0 saturated heterocycles. The summed E-state index contributed by atoms with van der Waals surface area (Å²) >= 11 is 5.88. The third-order valence-corrected chi connectivity index (χ3v) is 6.00. The number of nitrogens with zero attached hydrogens (tertiary/aromatic N) is 1. The van der Waals surface area contributed by atoms with Crippen molar-refractivity contribution in [3.05, 3.63) is 64.2 Å². The highest BCUT2D eigenvalue weighted by atomic mass is 35.5. The minimum Gasteiger partial charge on any atom is -0.350 e. The number of aryl methyl sites for hydroxylation is 2. The Labute approximate surface area is 172 Å². The lowest BCUT2D eigenvalue weighted by Crippen LogP contribution is -2.32. The molecule has 1 N–H and O–H groups in total. The average molecular weight is 423 g/mol. The van der Waals surface area contributed by atoms with Gasteiger partial charge in [0.05, 0.1) is 18.0 Å². The van der Waals surface area contributed by atoms with Gasteiger partial charge in [0.25, 0.3) is 0 Å². The smallest absolute Gasteiger partial charge is 0.232 e. The van der Waals surface area contributed by atoms with Crippen LogP contribution in [-0.2, 0) is 14.8 Å². The third kappa shape index (κ3) is 6.24. The molecule has 0 aliphatic carbocycles. The minimum atomic E-state index is -3.45. The highest BCUT2D eigenvalue weighted by molar-refractivity contribution is 7.92. The molecule has 0 aromatic heterocycles. The first-order valence-corrected chi connectivity index (χ1v) is 11.4. The van der Waals surface area contributed by atoms with E-state index in [1.54, 1.807) is 24.3 Å². The fourth-order valence-electron chi connectivity index (χ4n) is 3.09. The monoisotopic (exact) mass is 422 g/mol. The van der Waals surface area contributed by atoms with Gasteiger partial charge in [-0.1, -0.05) is 35.4 Å². The maximum Gasteiger partial charge on any atom is 0.232 e. The van der Waals surface area contributed by atoms with E-state index in [4.69, 9.17) is 11.6 Å². The number of hydrogen-bond acceptors (Lipinski definition) is 3. The molecule has 2 rings (SSSR count). The highest BCUT2D eigenvalue weighted by Crippen LogP contribution is 2.22. The lowest BCUT2D eigenvalue weighted by atomic mass is 10.00. The van der Waals surface area contributed by atoms with Crippen molar-refractivity contribution in [3.63, 3.8) is 0 Å². The minimum absolute atomic E-state index is 0.0991. The SMILES string of the molecule is Cc1ccc(C)c([C@H](C)NC(=O)CCCN(c2ccc(Cl)cc2)S(C)(=O)=O)c1. The fraction of sp³-hybridized carbons (Fsp3) is 0.381. The molecule has 0 spiro atoms. The number of amides is 1. The average Bonchev–Trinajstić information content (AvgIpc) is 2.60. The molecular formula is C21H27ClN2O3S. The molecule has 152 valence electrons. The summed E-state index contributed by atoms with van der Waals surface area (Å²) in [6.07, 6.45) is 1.82. The molecular weight excluding hydrogens is 396 g/mol. The highest BCUT2D eigenvalue weighted by Gasteiger charge is 2.18. The number of rotatable bonds is 8. The van der Waals surface area contributed by atoms with Crippen molar-refractivity contribution >= 4 is 33.2 Å². The molecule has 0 saturated carbocycles. The molecule has 1 atom stereocenters. The van der Waals surface area contributed by atoms with Crippen molar-refractivity contribution in [2.45, 2.75) is 39.7 Å². The Balaban J connectivity index is 1.95. The second kappa shape index (κ2) is 9.43. The summed E-state index contributed by atoms with van der Waals surface area (Å²) in [6.45, 7) is 6.23. The molecule has 0 heterocycles. The lowest BCUT2D eigenvalue weighted by molar-refractivity contribution is -0.121. The topological polar surface area (TPSA) is 66.5 Å². The normalized spacial score (nSPS) is 12.5. The van der Waals surface area contributed by atoms with Crippen LogP contribution in [0.25, 0.3) is 0 Å². The van der Waals surface area contributed by atoms with Gasteiger partial charge in [-0.2, -0.15) is 0 Å². The number of carbonyl (C=O) groups excluding carboxylic acids is 1. The van der Waals surface area contributed by atoms with Crippen LogP contribution < -0.4 is 9.62 Å². The fourth-order valence-corrected chi connectivity index (χ4v) is 4.19. The molecule has 0 radical (unpaired) electrons. The van der Waals surface area contributed by atoms with E-state index in [1.165, 1.54) is 4.31 Å². The first-order valence-electron chi connectivity index (χ1n) is 9.17. The van der Waals surface area contributed by atoms with E-state index in [-0.39, 0.29) is 24.9 Å². The van der Waals surface area contributed by atoms with Crippen molar-refractivity contribution in [1.29, 1.82) is 0 Å². The first kappa shape index (κ1) is 22.2. The molecule has 5 nitrogen and oxygen atoms in total. The van der Waals surface area contributed by atoms with E-state index in [2.05, 4.69) is 11.4 Å². The summed E-state index contributed by atoms with van der Waals surface area (Å²) in [7, 11) is -3.45. The summed E-state index contributed by atoms with van der Waals surface area (Å²) in [5.41, 5.74) is 3.90. The van der Waals surface area contributed by atoms with Crippen LogP contribution in [0.1, 0.15) is 42.5 Å². The molecule has 2 aromatic rings. The Kier molecular flexibility index (Phi) is 7.49. The van der Waals surface area contributed by atoms with Gasteiger partial charge in [-0.05, 0) is 62.6 Å². The predicted octanol–water partition coefficient (Wildman–Crippen LogP) is 4.38. The number of hydrogen-bond donors (Lipinski definition) is 1. The van der Waals surface area contributed by atoms with E-state index in [0.717, 1.165) is 22.9 Å². The number of anilines is 1. The van der Waals surface area contributed by atoms with Gasteiger partial charge in [0, 0.05) is 18.0 Å². The van der Waals surface area contributed by atoms with Gasteiger partial charge >= 0.3 is 0 Å². The van der Waals surface area contributed by atoms with Gasteiger partial charge in [0.2, 0.25) is 15.9 Å². The summed E-state index contributed by atoms with van der Waals surface area (Å²) in [5, 5.41) is 3.54. The zero-order chi connectivity index (χ0) is 20.9. The van der Waals surface area contributed by atoms with Crippen molar-refractivity contribution in [2.75, 3.05) is 17.1 Å². The van der Waals surface area contributed by atoms with Crippen LogP contribution in [-0.4, -0.2) is 27.1 Å². The zero-order valence-corrected chi connectivity index (χ0v) is 18.3. The first-order chi connectivity index (χ1) is 13.1. The number of benzene rings is 2. The van der Waals surface area contributed by atoms with E-state index in [1.807, 2.05) is 32.9 Å². The maximum atomic E-state index is 12.3. The second-order valence-electron chi connectivity index (χ2n) is 7.06. The second-order valence-corrected chi connectivity index (χ2v) is 9.41. The number of sulfonamides is 1.